The molecule has 1 rings (SSSR count). The molecule has 0 radical (unpaired) electrons. The number of halogens is 2. The summed E-state index contributed by atoms with van der Waals surface area (Å²) >= 11 is 0. The van der Waals surface area contributed by atoms with Gasteiger partial charge in [-0.2, -0.15) is 8.78 Å². The first-order chi connectivity index (χ1) is 9.47. The summed E-state index contributed by atoms with van der Waals surface area (Å²) in [5.41, 5.74) is 0.889. The molecule has 0 spiro atoms. The van der Waals surface area contributed by atoms with Crippen LogP contribution < -0.4 is 14.8 Å². The van der Waals surface area contributed by atoms with Gasteiger partial charge >= 0.3 is 6.61 Å². The molecule has 0 bridgehead atoms. The van der Waals surface area contributed by atoms with Crippen molar-refractivity contribution in [1.29, 1.82) is 0 Å². The van der Waals surface area contributed by atoms with Gasteiger partial charge in [0.15, 0.2) is 11.5 Å². The quantitative estimate of drug-likeness (QED) is 0.771. The van der Waals surface area contributed by atoms with Gasteiger partial charge in [0, 0.05) is 19.2 Å². The van der Waals surface area contributed by atoms with Crippen LogP contribution in [0, 0.1) is 5.92 Å². The number of aliphatic hydroxyl groups is 1. The first kappa shape index (κ1) is 16.7. The van der Waals surface area contributed by atoms with Crippen molar-refractivity contribution < 1.29 is 23.4 Å². The minimum absolute atomic E-state index is 0.0167. The summed E-state index contributed by atoms with van der Waals surface area (Å²) < 4.78 is 33.8. The van der Waals surface area contributed by atoms with E-state index in [2.05, 4.69) is 10.1 Å². The van der Waals surface area contributed by atoms with Gasteiger partial charge in [-0.1, -0.05) is 13.0 Å². The largest absolute Gasteiger partial charge is 0.493 e. The van der Waals surface area contributed by atoms with Crippen LogP contribution in [0.15, 0.2) is 18.2 Å². The predicted octanol–water partition coefficient (Wildman–Crippen LogP) is 2.40. The monoisotopic (exact) mass is 289 g/mol. The molecule has 4 nitrogen and oxygen atoms in total. The predicted molar refractivity (Wildman–Crippen MR) is 72.2 cm³/mol. The Morgan fingerprint density at radius 1 is 1.25 bits per heavy atom. The van der Waals surface area contributed by atoms with E-state index in [1.807, 2.05) is 13.8 Å². The summed E-state index contributed by atoms with van der Waals surface area (Å²) in [7, 11) is 1.40. The fourth-order valence-corrected chi connectivity index (χ4v) is 1.65. The molecule has 0 heterocycles. The molecular formula is C14H21F2NO3. The molecule has 2 atom stereocenters. The third-order valence-electron chi connectivity index (χ3n) is 3.21. The Morgan fingerprint density at radius 3 is 2.50 bits per heavy atom. The number of hydrogen-bond donors (Lipinski definition) is 2. The third-order valence-corrected chi connectivity index (χ3v) is 3.21. The highest BCUT2D eigenvalue weighted by molar-refractivity contribution is 5.42. The highest BCUT2D eigenvalue weighted by Crippen LogP contribution is 2.29. The molecule has 2 N–H and O–H groups in total. The third kappa shape index (κ3) is 4.94. The van der Waals surface area contributed by atoms with E-state index in [1.165, 1.54) is 13.2 Å². The first-order valence-corrected chi connectivity index (χ1v) is 6.43. The second kappa shape index (κ2) is 8.01. The van der Waals surface area contributed by atoms with Crippen LogP contribution >= 0.6 is 0 Å². The van der Waals surface area contributed by atoms with Crippen LogP contribution in [0.1, 0.15) is 19.4 Å². The summed E-state index contributed by atoms with van der Waals surface area (Å²) in [4.78, 5) is 0. The molecule has 2 unspecified atom stereocenters. The molecule has 0 saturated carbocycles. The standard InChI is InChI=1S/C14H21F2NO3/c1-9(8-18)10(2)17-7-11-4-5-12(20-14(15)16)13(6-11)19-3/h4-6,9-10,14,17-18H,7-8H2,1-3H3. The van der Waals surface area contributed by atoms with Crippen molar-refractivity contribution in [3.8, 4) is 11.5 Å². The van der Waals surface area contributed by atoms with Gasteiger partial charge in [0.05, 0.1) is 7.11 Å². The van der Waals surface area contributed by atoms with E-state index in [0.717, 1.165) is 5.56 Å². The Hall–Kier alpha value is -1.40. The molecule has 0 fully saturated rings. The first-order valence-electron chi connectivity index (χ1n) is 6.43. The lowest BCUT2D eigenvalue weighted by Gasteiger charge is -2.19. The molecule has 0 aliphatic carbocycles. The maximum absolute atomic E-state index is 12.2. The molecule has 114 valence electrons. The maximum atomic E-state index is 12.2. The number of rotatable bonds is 8. The average molecular weight is 289 g/mol. The zero-order valence-electron chi connectivity index (χ0n) is 11.9. The van der Waals surface area contributed by atoms with Crippen LogP contribution in [0.25, 0.3) is 0 Å². The smallest absolute Gasteiger partial charge is 0.387 e. The number of hydrogen-bond acceptors (Lipinski definition) is 4. The molecule has 0 aliphatic rings. The lowest BCUT2D eigenvalue weighted by Crippen LogP contribution is -2.33. The summed E-state index contributed by atoms with van der Waals surface area (Å²) in [6.07, 6.45) is 0. The van der Waals surface area contributed by atoms with E-state index in [-0.39, 0.29) is 30.1 Å². The Bertz CT molecular complexity index is 415. The molecule has 1 aromatic carbocycles. The summed E-state index contributed by atoms with van der Waals surface area (Å²) in [5.74, 6) is 0.425. The average Bonchev–Trinajstić information content (AvgIpc) is 2.44. The molecule has 6 heteroatoms. The fourth-order valence-electron chi connectivity index (χ4n) is 1.65. The van der Waals surface area contributed by atoms with Crippen LogP contribution in [-0.4, -0.2) is 31.5 Å². The van der Waals surface area contributed by atoms with Gasteiger partial charge in [0.2, 0.25) is 0 Å². The van der Waals surface area contributed by atoms with Crippen LogP contribution in [0.3, 0.4) is 0 Å². The molecule has 1 aromatic rings. The van der Waals surface area contributed by atoms with E-state index in [4.69, 9.17) is 9.84 Å². The van der Waals surface area contributed by atoms with E-state index < -0.39 is 6.61 Å². The lowest BCUT2D eigenvalue weighted by atomic mass is 10.0. The van der Waals surface area contributed by atoms with Gasteiger partial charge in [-0.05, 0) is 30.5 Å². The molecule has 0 aromatic heterocycles. The van der Waals surface area contributed by atoms with Gasteiger partial charge in [-0.15, -0.1) is 0 Å². The summed E-state index contributed by atoms with van der Waals surface area (Å²) in [5, 5.41) is 12.3. The maximum Gasteiger partial charge on any atom is 0.387 e. The number of alkyl halides is 2. The number of ether oxygens (including phenoxy) is 2. The Kier molecular flexibility index (Phi) is 6.67. The van der Waals surface area contributed by atoms with Gasteiger partial charge in [-0.3, -0.25) is 0 Å². The van der Waals surface area contributed by atoms with E-state index in [0.29, 0.717) is 6.54 Å². The van der Waals surface area contributed by atoms with Crippen molar-refractivity contribution in [2.75, 3.05) is 13.7 Å². The zero-order valence-corrected chi connectivity index (χ0v) is 11.9. The van der Waals surface area contributed by atoms with Crippen molar-refractivity contribution in [3.05, 3.63) is 23.8 Å². The van der Waals surface area contributed by atoms with E-state index >= 15 is 0 Å². The van der Waals surface area contributed by atoms with E-state index in [1.54, 1.807) is 12.1 Å². The lowest BCUT2D eigenvalue weighted by molar-refractivity contribution is -0.0512. The topological polar surface area (TPSA) is 50.7 Å². The van der Waals surface area contributed by atoms with Gasteiger partial charge in [0.25, 0.3) is 0 Å². The van der Waals surface area contributed by atoms with Crippen molar-refractivity contribution in [1.82, 2.24) is 5.32 Å². The Labute approximate surface area is 117 Å². The van der Waals surface area contributed by atoms with Gasteiger partial charge in [0.1, 0.15) is 0 Å². The normalized spacial score (nSPS) is 14.2. The number of nitrogens with one attached hydrogen (secondary N) is 1. The van der Waals surface area contributed by atoms with Crippen molar-refractivity contribution in [3.63, 3.8) is 0 Å². The highest BCUT2D eigenvalue weighted by atomic mass is 19.3. The Morgan fingerprint density at radius 2 is 1.95 bits per heavy atom. The minimum Gasteiger partial charge on any atom is -0.493 e. The number of benzene rings is 1. The van der Waals surface area contributed by atoms with Crippen LogP contribution in [-0.2, 0) is 6.54 Å². The van der Waals surface area contributed by atoms with Crippen LogP contribution in [0.5, 0.6) is 11.5 Å². The molecule has 0 aliphatic heterocycles. The zero-order chi connectivity index (χ0) is 15.1. The van der Waals surface area contributed by atoms with E-state index in [9.17, 15) is 8.78 Å². The number of methoxy groups -OCH3 is 1. The molecule has 0 amide bonds. The molecular weight excluding hydrogens is 268 g/mol. The van der Waals surface area contributed by atoms with Crippen molar-refractivity contribution in [2.24, 2.45) is 5.92 Å². The SMILES string of the molecule is COc1cc(CNC(C)C(C)CO)ccc1OC(F)F. The Balaban J connectivity index is 2.68. The summed E-state index contributed by atoms with van der Waals surface area (Å²) in [6, 6.07) is 4.95. The van der Waals surface area contributed by atoms with Crippen LogP contribution in [0.2, 0.25) is 0 Å². The van der Waals surface area contributed by atoms with Crippen molar-refractivity contribution >= 4 is 0 Å². The molecule has 20 heavy (non-hydrogen) atoms. The van der Waals surface area contributed by atoms with Crippen molar-refractivity contribution in [2.45, 2.75) is 33.0 Å². The van der Waals surface area contributed by atoms with Crippen LogP contribution in [0.4, 0.5) is 8.78 Å². The molecule has 0 saturated heterocycles. The fraction of sp³-hybridized carbons (Fsp3) is 0.571. The highest BCUT2D eigenvalue weighted by Gasteiger charge is 2.13. The second-order valence-corrected chi connectivity index (χ2v) is 4.69. The summed E-state index contributed by atoms with van der Waals surface area (Å²) in [6.45, 7) is 1.71. The van der Waals surface area contributed by atoms with Gasteiger partial charge in [-0.25, -0.2) is 0 Å². The number of aliphatic hydroxyl groups excluding tert-OH is 1. The van der Waals surface area contributed by atoms with Gasteiger partial charge < -0.3 is 19.9 Å². The minimum atomic E-state index is -2.88. The second-order valence-electron chi connectivity index (χ2n) is 4.69.